The van der Waals surface area contributed by atoms with Gasteiger partial charge in [-0.2, -0.15) is 5.10 Å². The molecule has 2 aromatic carbocycles. The van der Waals surface area contributed by atoms with Gasteiger partial charge in [0.1, 0.15) is 0 Å². The number of benzene rings is 2. The van der Waals surface area contributed by atoms with Crippen molar-refractivity contribution in [1.82, 2.24) is 10.4 Å². The van der Waals surface area contributed by atoms with Gasteiger partial charge in [0.2, 0.25) is 0 Å². The van der Waals surface area contributed by atoms with Crippen molar-refractivity contribution in [2.75, 3.05) is 4.72 Å². The van der Waals surface area contributed by atoms with Gasteiger partial charge in [0.25, 0.3) is 15.9 Å². The fourth-order valence-electron chi connectivity index (χ4n) is 2.35. The zero-order valence-corrected chi connectivity index (χ0v) is 15.8. The quantitative estimate of drug-likeness (QED) is 0.496. The summed E-state index contributed by atoms with van der Waals surface area (Å²) in [5, 5.41) is 3.91. The maximum Gasteiger partial charge on any atom is 0.271 e. The molecule has 0 aliphatic carbocycles. The van der Waals surface area contributed by atoms with Crippen LogP contribution in [0.15, 0.2) is 83.1 Å². The molecule has 3 rings (SSSR count). The van der Waals surface area contributed by atoms with Crippen LogP contribution in [0.25, 0.3) is 0 Å². The Morgan fingerprint density at radius 1 is 1.00 bits per heavy atom. The Morgan fingerprint density at radius 2 is 1.68 bits per heavy atom. The van der Waals surface area contributed by atoms with Crippen molar-refractivity contribution in [3.05, 3.63) is 89.7 Å². The molecule has 0 aliphatic rings. The second-order valence-electron chi connectivity index (χ2n) is 5.94. The van der Waals surface area contributed by atoms with E-state index in [0.717, 1.165) is 5.56 Å². The minimum absolute atomic E-state index is 0.163. The molecule has 28 heavy (non-hydrogen) atoms. The van der Waals surface area contributed by atoms with Crippen LogP contribution in [0.5, 0.6) is 0 Å². The number of nitrogens with zero attached hydrogens (tertiary/aromatic N) is 2. The number of aromatic nitrogens is 1. The zero-order chi connectivity index (χ0) is 20.0. The van der Waals surface area contributed by atoms with Gasteiger partial charge >= 0.3 is 0 Å². The Labute approximate surface area is 163 Å². The van der Waals surface area contributed by atoms with Crippen molar-refractivity contribution in [2.45, 2.75) is 11.8 Å². The van der Waals surface area contributed by atoms with E-state index in [9.17, 15) is 13.2 Å². The predicted molar refractivity (Wildman–Crippen MR) is 108 cm³/mol. The summed E-state index contributed by atoms with van der Waals surface area (Å²) in [6.07, 6.45) is 4.40. The van der Waals surface area contributed by atoms with Crippen LogP contribution in [0.3, 0.4) is 0 Å². The molecule has 0 saturated carbocycles. The minimum atomic E-state index is -3.74. The molecule has 1 heterocycles. The number of nitrogens with one attached hydrogen (secondary N) is 2. The van der Waals surface area contributed by atoms with E-state index >= 15 is 0 Å². The number of amides is 1. The first-order valence-corrected chi connectivity index (χ1v) is 9.86. The number of hydrogen-bond donors (Lipinski definition) is 2. The van der Waals surface area contributed by atoms with Crippen LogP contribution in [0.2, 0.25) is 0 Å². The second kappa shape index (κ2) is 8.45. The highest BCUT2D eigenvalue weighted by atomic mass is 32.2. The SMILES string of the molecule is Cc1ccc(S(=O)(=O)Nc2ccccc2/C=N/NC(=O)c2ccncc2)cc1. The highest BCUT2D eigenvalue weighted by Gasteiger charge is 2.15. The number of sulfonamides is 1. The summed E-state index contributed by atoms with van der Waals surface area (Å²) < 4.78 is 27.8. The number of hydrogen-bond acceptors (Lipinski definition) is 5. The van der Waals surface area contributed by atoms with Crippen LogP contribution >= 0.6 is 0 Å². The normalized spacial score (nSPS) is 11.3. The van der Waals surface area contributed by atoms with E-state index in [-0.39, 0.29) is 4.90 Å². The fraction of sp³-hybridized carbons (Fsp3) is 0.0500. The van der Waals surface area contributed by atoms with Gasteiger partial charge in [-0.15, -0.1) is 0 Å². The van der Waals surface area contributed by atoms with Gasteiger partial charge in [-0.25, -0.2) is 13.8 Å². The number of carbonyl (C=O) groups excluding carboxylic acids is 1. The van der Waals surface area contributed by atoms with Gasteiger partial charge in [0, 0.05) is 23.5 Å². The van der Waals surface area contributed by atoms with Crippen molar-refractivity contribution in [3.63, 3.8) is 0 Å². The lowest BCUT2D eigenvalue weighted by Gasteiger charge is -2.10. The molecular weight excluding hydrogens is 376 g/mol. The second-order valence-corrected chi connectivity index (χ2v) is 7.62. The molecular formula is C20H18N4O3S. The molecule has 7 nitrogen and oxygen atoms in total. The van der Waals surface area contributed by atoms with Gasteiger partial charge in [0.15, 0.2) is 0 Å². The summed E-state index contributed by atoms with van der Waals surface area (Å²) in [7, 11) is -3.74. The first kappa shape index (κ1) is 19.2. The Morgan fingerprint density at radius 3 is 2.39 bits per heavy atom. The molecule has 0 radical (unpaired) electrons. The van der Waals surface area contributed by atoms with Crippen LogP contribution in [0.1, 0.15) is 21.5 Å². The van der Waals surface area contributed by atoms with Crippen LogP contribution < -0.4 is 10.1 Å². The van der Waals surface area contributed by atoms with Gasteiger partial charge in [-0.3, -0.25) is 14.5 Å². The predicted octanol–water partition coefficient (Wildman–Crippen LogP) is 2.95. The third-order valence-corrected chi connectivity index (χ3v) is 5.23. The lowest BCUT2D eigenvalue weighted by Crippen LogP contribution is -2.18. The van der Waals surface area contributed by atoms with Gasteiger partial charge in [-0.1, -0.05) is 35.9 Å². The van der Waals surface area contributed by atoms with E-state index in [1.54, 1.807) is 60.7 Å². The van der Waals surface area contributed by atoms with E-state index < -0.39 is 15.9 Å². The Balaban J connectivity index is 1.76. The molecule has 0 atom stereocenters. The summed E-state index contributed by atoms with van der Waals surface area (Å²) in [5.74, 6) is -0.392. The monoisotopic (exact) mass is 394 g/mol. The van der Waals surface area contributed by atoms with Crippen LogP contribution in [0, 0.1) is 6.92 Å². The van der Waals surface area contributed by atoms with Crippen molar-refractivity contribution in [2.24, 2.45) is 5.10 Å². The molecule has 0 spiro atoms. The average molecular weight is 394 g/mol. The maximum atomic E-state index is 12.6. The highest BCUT2D eigenvalue weighted by Crippen LogP contribution is 2.19. The maximum absolute atomic E-state index is 12.6. The Kier molecular flexibility index (Phi) is 5.81. The smallest absolute Gasteiger partial charge is 0.271 e. The number of aryl methyl sites for hydroxylation is 1. The standard InChI is InChI=1S/C20H18N4O3S/c1-15-6-8-18(9-7-15)28(26,27)24-19-5-3-2-4-17(19)14-22-23-20(25)16-10-12-21-13-11-16/h2-14,24H,1H3,(H,23,25)/b22-14+. The number of rotatable bonds is 6. The van der Waals surface area contributed by atoms with Gasteiger partial charge in [0.05, 0.1) is 16.8 Å². The lowest BCUT2D eigenvalue weighted by molar-refractivity contribution is 0.0955. The number of carbonyl (C=O) groups is 1. The van der Waals surface area contributed by atoms with Gasteiger partial charge in [-0.05, 0) is 37.3 Å². The molecule has 1 amide bonds. The van der Waals surface area contributed by atoms with E-state index in [1.165, 1.54) is 18.6 Å². The third-order valence-electron chi connectivity index (χ3n) is 3.85. The molecule has 3 aromatic rings. The summed E-state index contributed by atoms with van der Waals surface area (Å²) in [6, 6.07) is 16.4. The van der Waals surface area contributed by atoms with Crippen LogP contribution in [-0.4, -0.2) is 25.5 Å². The topological polar surface area (TPSA) is 101 Å². The number of pyridine rings is 1. The molecule has 142 valence electrons. The molecule has 0 unspecified atom stereocenters. The van der Waals surface area contributed by atoms with Crippen molar-refractivity contribution in [1.29, 1.82) is 0 Å². The summed E-state index contributed by atoms with van der Waals surface area (Å²) in [6.45, 7) is 1.88. The Bertz CT molecular complexity index is 1100. The minimum Gasteiger partial charge on any atom is -0.279 e. The molecule has 0 saturated heterocycles. The largest absolute Gasteiger partial charge is 0.279 e. The first-order valence-electron chi connectivity index (χ1n) is 8.38. The molecule has 0 aliphatic heterocycles. The molecule has 0 bridgehead atoms. The van der Waals surface area contributed by atoms with Crippen molar-refractivity contribution >= 4 is 27.8 Å². The molecule has 1 aromatic heterocycles. The summed E-state index contributed by atoms with van der Waals surface area (Å²) in [5.41, 5.74) is 4.65. The van der Waals surface area contributed by atoms with E-state index in [0.29, 0.717) is 16.8 Å². The first-order chi connectivity index (χ1) is 13.5. The lowest BCUT2D eigenvalue weighted by atomic mass is 10.2. The van der Waals surface area contributed by atoms with Crippen LogP contribution in [-0.2, 0) is 10.0 Å². The van der Waals surface area contributed by atoms with E-state index in [2.05, 4.69) is 20.2 Å². The van der Waals surface area contributed by atoms with Crippen molar-refractivity contribution < 1.29 is 13.2 Å². The fourth-order valence-corrected chi connectivity index (χ4v) is 3.44. The number of hydrazone groups is 1. The van der Waals surface area contributed by atoms with E-state index in [4.69, 9.17) is 0 Å². The Hall–Kier alpha value is -3.52. The molecule has 0 fully saturated rings. The van der Waals surface area contributed by atoms with E-state index in [1.807, 2.05) is 6.92 Å². The number of anilines is 1. The van der Waals surface area contributed by atoms with Gasteiger partial charge < -0.3 is 0 Å². The van der Waals surface area contributed by atoms with Crippen LogP contribution in [0.4, 0.5) is 5.69 Å². The molecule has 8 heteroatoms. The zero-order valence-electron chi connectivity index (χ0n) is 15.0. The average Bonchev–Trinajstić information content (AvgIpc) is 2.70. The van der Waals surface area contributed by atoms with Crippen molar-refractivity contribution in [3.8, 4) is 0 Å². The third kappa shape index (κ3) is 4.80. The summed E-state index contributed by atoms with van der Waals surface area (Å²) >= 11 is 0. The molecule has 2 N–H and O–H groups in total. The summed E-state index contributed by atoms with van der Waals surface area (Å²) in [4.78, 5) is 16.0. The number of para-hydroxylation sites is 1. The highest BCUT2D eigenvalue weighted by molar-refractivity contribution is 7.92.